The van der Waals surface area contributed by atoms with Crippen LogP contribution in [0.25, 0.3) is 0 Å². The Kier molecular flexibility index (Phi) is 2.90. The Bertz CT molecular complexity index is 282. The van der Waals surface area contributed by atoms with Gasteiger partial charge in [-0.25, -0.2) is 4.79 Å². The van der Waals surface area contributed by atoms with Crippen molar-refractivity contribution in [2.24, 2.45) is 16.9 Å². The Morgan fingerprint density at radius 2 is 2.27 bits per heavy atom. The molecular formula is C10H17N3O2. The van der Waals surface area contributed by atoms with Crippen LogP contribution in [0.4, 0.5) is 0 Å². The van der Waals surface area contributed by atoms with E-state index in [1.54, 1.807) is 0 Å². The normalized spacial score (nSPS) is 36.9. The van der Waals surface area contributed by atoms with Crippen LogP contribution in [0.15, 0.2) is 5.10 Å². The zero-order valence-electron chi connectivity index (χ0n) is 8.98. The summed E-state index contributed by atoms with van der Waals surface area (Å²) in [7, 11) is 0. The summed E-state index contributed by atoms with van der Waals surface area (Å²) >= 11 is 0. The first-order chi connectivity index (χ1) is 7.27. The number of piperidine rings is 3. The number of hydrogen-bond acceptors (Lipinski definition) is 5. The van der Waals surface area contributed by atoms with E-state index in [4.69, 9.17) is 10.6 Å². The summed E-state index contributed by atoms with van der Waals surface area (Å²) < 4.78 is 5.05. The summed E-state index contributed by atoms with van der Waals surface area (Å²) in [5, 5.41) is 3.79. The number of nitrogens with two attached hydrogens (primary N) is 1. The van der Waals surface area contributed by atoms with E-state index < -0.39 is 0 Å². The lowest BCUT2D eigenvalue weighted by Crippen LogP contribution is -2.59. The third-order valence-corrected chi connectivity index (χ3v) is 3.25. The fraction of sp³-hybridized carbons (Fsp3) is 0.800. The van der Waals surface area contributed by atoms with Crippen molar-refractivity contribution in [3.8, 4) is 0 Å². The van der Waals surface area contributed by atoms with Gasteiger partial charge in [-0.1, -0.05) is 0 Å². The minimum Gasteiger partial charge on any atom is -0.465 e. The van der Waals surface area contributed by atoms with Crippen molar-refractivity contribution in [3.63, 3.8) is 0 Å². The van der Waals surface area contributed by atoms with E-state index in [-0.39, 0.29) is 12.0 Å². The Hall–Kier alpha value is -1.10. The molecule has 3 rings (SSSR count). The molecule has 5 nitrogen and oxygen atoms in total. The first-order valence-electron chi connectivity index (χ1n) is 5.46. The Balaban J connectivity index is 2.18. The van der Waals surface area contributed by atoms with Crippen LogP contribution in [-0.4, -0.2) is 42.3 Å². The first-order valence-corrected chi connectivity index (χ1v) is 5.46. The minimum atomic E-state index is -0.317. The molecule has 2 bridgehead atoms. The van der Waals surface area contributed by atoms with Crippen molar-refractivity contribution >= 4 is 11.7 Å². The molecule has 0 saturated carbocycles. The van der Waals surface area contributed by atoms with Crippen LogP contribution in [-0.2, 0) is 9.53 Å². The van der Waals surface area contributed by atoms with Gasteiger partial charge >= 0.3 is 5.97 Å². The highest BCUT2D eigenvalue weighted by Crippen LogP contribution is 2.30. The molecule has 1 unspecified atom stereocenters. The van der Waals surface area contributed by atoms with Crippen LogP contribution in [0.5, 0.6) is 0 Å². The molecule has 15 heavy (non-hydrogen) atoms. The maximum Gasteiger partial charge on any atom is 0.329 e. The molecule has 0 aliphatic carbocycles. The third-order valence-electron chi connectivity index (χ3n) is 3.25. The van der Waals surface area contributed by atoms with Crippen LogP contribution in [0.1, 0.15) is 19.8 Å². The van der Waals surface area contributed by atoms with E-state index >= 15 is 0 Å². The van der Waals surface area contributed by atoms with Gasteiger partial charge in [-0.3, -0.25) is 4.90 Å². The average molecular weight is 211 g/mol. The van der Waals surface area contributed by atoms with Gasteiger partial charge in [0.2, 0.25) is 0 Å². The van der Waals surface area contributed by atoms with Gasteiger partial charge in [0.05, 0.1) is 12.3 Å². The van der Waals surface area contributed by atoms with Crippen molar-refractivity contribution in [2.75, 3.05) is 19.7 Å². The number of ether oxygens (including phenoxy) is 1. The number of nitrogens with zero attached hydrogens (tertiary/aromatic N) is 2. The molecule has 3 fully saturated rings. The van der Waals surface area contributed by atoms with Gasteiger partial charge in [0.1, 0.15) is 6.04 Å². The highest BCUT2D eigenvalue weighted by atomic mass is 16.5. The largest absolute Gasteiger partial charge is 0.465 e. The molecule has 0 amide bonds. The smallest absolute Gasteiger partial charge is 0.329 e. The van der Waals surface area contributed by atoms with Gasteiger partial charge < -0.3 is 10.6 Å². The van der Waals surface area contributed by atoms with Crippen molar-refractivity contribution in [1.82, 2.24) is 4.90 Å². The number of carbonyl (C=O) groups is 1. The topological polar surface area (TPSA) is 67.9 Å². The highest BCUT2D eigenvalue weighted by molar-refractivity contribution is 6.08. The summed E-state index contributed by atoms with van der Waals surface area (Å²) in [6, 6.07) is -0.317. The van der Waals surface area contributed by atoms with Gasteiger partial charge in [0.25, 0.3) is 0 Å². The lowest BCUT2D eigenvalue weighted by Gasteiger charge is -2.44. The average Bonchev–Trinajstić information content (AvgIpc) is 2.29. The third kappa shape index (κ3) is 1.71. The maximum absolute atomic E-state index is 11.8. The first kappa shape index (κ1) is 10.4. The summed E-state index contributed by atoms with van der Waals surface area (Å²) in [6.45, 7) is 4.12. The number of rotatable bonds is 2. The highest BCUT2D eigenvalue weighted by Gasteiger charge is 2.43. The van der Waals surface area contributed by atoms with Crippen LogP contribution >= 0.6 is 0 Å². The molecule has 84 valence electrons. The molecule has 0 spiro atoms. The SMILES string of the molecule is CCOC(=O)C1C(=NN)C2CCN1CC2. The number of hydrazone groups is 1. The van der Waals surface area contributed by atoms with Gasteiger partial charge in [-0.15, -0.1) is 0 Å². The Morgan fingerprint density at radius 1 is 1.60 bits per heavy atom. The number of carbonyl (C=O) groups excluding carboxylic acids is 1. The van der Waals surface area contributed by atoms with Gasteiger partial charge in [0, 0.05) is 5.92 Å². The van der Waals surface area contributed by atoms with Gasteiger partial charge in [-0.2, -0.15) is 5.10 Å². The molecule has 0 aromatic carbocycles. The Labute approximate surface area is 89.3 Å². The van der Waals surface area contributed by atoms with Crippen LogP contribution in [0, 0.1) is 5.92 Å². The zero-order chi connectivity index (χ0) is 10.8. The molecule has 3 saturated heterocycles. The molecule has 0 aromatic heterocycles. The number of hydrogen-bond donors (Lipinski definition) is 1. The standard InChI is InChI=1S/C10H17N3O2/c1-2-15-10(14)9-8(12-11)7-3-5-13(9)6-4-7/h7,9H,2-6,11H2,1H3. The van der Waals surface area contributed by atoms with Crippen LogP contribution in [0.3, 0.4) is 0 Å². The molecule has 3 aliphatic heterocycles. The Morgan fingerprint density at radius 3 is 2.80 bits per heavy atom. The van der Waals surface area contributed by atoms with E-state index in [0.717, 1.165) is 31.6 Å². The van der Waals surface area contributed by atoms with Crippen LogP contribution in [0.2, 0.25) is 0 Å². The van der Waals surface area contributed by atoms with E-state index in [1.165, 1.54) is 0 Å². The van der Waals surface area contributed by atoms with E-state index in [1.807, 2.05) is 6.92 Å². The summed E-state index contributed by atoms with van der Waals surface area (Å²) in [4.78, 5) is 13.9. The zero-order valence-corrected chi connectivity index (χ0v) is 8.98. The minimum absolute atomic E-state index is 0.203. The summed E-state index contributed by atoms with van der Waals surface area (Å²) in [5.41, 5.74) is 0.811. The second-order valence-corrected chi connectivity index (χ2v) is 4.02. The summed E-state index contributed by atoms with van der Waals surface area (Å²) in [6.07, 6.45) is 2.12. The van der Waals surface area contributed by atoms with Crippen molar-refractivity contribution < 1.29 is 9.53 Å². The van der Waals surface area contributed by atoms with Crippen molar-refractivity contribution in [3.05, 3.63) is 0 Å². The molecular weight excluding hydrogens is 194 g/mol. The molecule has 3 heterocycles. The predicted octanol–water partition coefficient (Wildman–Crippen LogP) is -0.0416. The van der Waals surface area contributed by atoms with E-state index in [9.17, 15) is 4.79 Å². The molecule has 1 atom stereocenters. The van der Waals surface area contributed by atoms with Crippen molar-refractivity contribution in [1.29, 1.82) is 0 Å². The predicted molar refractivity (Wildman–Crippen MR) is 56.3 cm³/mol. The summed E-state index contributed by atoms with van der Waals surface area (Å²) in [5.74, 6) is 5.55. The fourth-order valence-corrected chi connectivity index (χ4v) is 2.53. The second-order valence-electron chi connectivity index (χ2n) is 4.02. The fourth-order valence-electron chi connectivity index (χ4n) is 2.53. The molecule has 0 radical (unpaired) electrons. The van der Waals surface area contributed by atoms with Crippen LogP contribution < -0.4 is 5.84 Å². The molecule has 3 aliphatic rings. The molecule has 5 heteroatoms. The lowest BCUT2D eigenvalue weighted by atomic mass is 9.81. The quantitative estimate of drug-likeness (QED) is 0.395. The lowest BCUT2D eigenvalue weighted by molar-refractivity contribution is -0.148. The second kappa shape index (κ2) is 4.18. The number of esters is 1. The monoisotopic (exact) mass is 211 g/mol. The maximum atomic E-state index is 11.8. The molecule has 0 aromatic rings. The van der Waals surface area contributed by atoms with Gasteiger partial charge in [-0.05, 0) is 32.9 Å². The van der Waals surface area contributed by atoms with Crippen molar-refractivity contribution in [2.45, 2.75) is 25.8 Å². The van der Waals surface area contributed by atoms with E-state index in [2.05, 4.69) is 10.0 Å². The van der Waals surface area contributed by atoms with Gasteiger partial charge in [0.15, 0.2) is 0 Å². The molecule has 2 N–H and O–H groups in total. The number of fused-ring (bicyclic) bond motifs is 3. The van der Waals surface area contributed by atoms with E-state index in [0.29, 0.717) is 12.5 Å².